The van der Waals surface area contributed by atoms with E-state index in [1.807, 2.05) is 53.7 Å². The third kappa shape index (κ3) is 69.5. The van der Waals surface area contributed by atoms with Crippen molar-refractivity contribution in [1.82, 2.24) is 0 Å². The first-order valence-corrected chi connectivity index (χ1v) is 38.2. The molecule has 1 aliphatic rings. The van der Waals surface area contributed by atoms with Crippen LogP contribution in [0, 0.1) is 98.3 Å². The molecule has 5 aromatic carbocycles. The molecule has 0 saturated carbocycles. The van der Waals surface area contributed by atoms with Crippen molar-refractivity contribution in [2.24, 2.45) is 0 Å². The predicted molar refractivity (Wildman–Crippen MR) is 418 cm³/mol. The quantitative estimate of drug-likeness (QED) is 0.0698. The van der Waals surface area contributed by atoms with Crippen molar-refractivity contribution in [3.8, 4) is 17.2 Å². The number of benzene rings is 5. The fourth-order valence-electron chi connectivity index (χ4n) is 5.36. The minimum Gasteiger partial charge on any atom is -0.346 e. The zero-order valence-electron chi connectivity index (χ0n) is 60.4. The predicted octanol–water partition coefficient (Wildman–Crippen LogP) is 28.1. The van der Waals surface area contributed by atoms with E-state index >= 15 is 0 Å². The second kappa shape index (κ2) is 87.4. The Morgan fingerprint density at radius 2 is 0.701 bits per heavy atom. The Labute approximate surface area is 695 Å². The van der Waals surface area contributed by atoms with Gasteiger partial charge in [-0.05, 0) is 161 Å². The van der Waals surface area contributed by atoms with Crippen molar-refractivity contribution in [2.75, 3.05) is 0 Å². The molecule has 0 atom stereocenters. The van der Waals surface area contributed by atoms with Crippen LogP contribution in [0.15, 0.2) is 86.2 Å². The molecule has 0 unspecified atom stereocenters. The van der Waals surface area contributed by atoms with E-state index in [0.29, 0.717) is 20.1 Å². The molecule has 1 aliphatic heterocycles. The van der Waals surface area contributed by atoms with Gasteiger partial charge in [0.25, 0.3) is 0 Å². The summed E-state index contributed by atoms with van der Waals surface area (Å²) < 4.78 is 78.2. The third-order valence-corrected chi connectivity index (χ3v) is 13.9. The number of phenols is 3. The van der Waals surface area contributed by atoms with Gasteiger partial charge in [0, 0.05) is 76.0 Å². The molecule has 97 heavy (non-hydrogen) atoms. The summed E-state index contributed by atoms with van der Waals surface area (Å²) in [5.74, 6) is -2.98. The maximum absolute atomic E-state index is 13.8. The standard InChI is InChI=1S/C15H22BFO2.C9H10BrF.C8H8BrFO.C8H9FO.C6H4BrFO.6C4H9.2C2H5.2CH4.2BrH.Cu.Pd.2Pt.Zn/c1-7-11-8-10(2)13(17)9-12(11)16-18-14(3,4)15(5,6)19-16;1-3-7-4-6(2)9(11)5-8(7)10;1-2-5-3-8(11)7(10)4-6(5)9;1-2-6-3-4-7(9)8(10)5-6;7-4-1-2-5(8)6(9)3-4;6*1-3-4-2;2*1-2;;;;;;;;;/h8-9H,7H2,1-6H3;4-5H,3H2,1-2H3;3-4,11H,2H2,1H3;3-5,10H,2H2,1H3;1-3,9H;6*1,3-4H2,2H3;2*1H2,2H3;2*1H4;2*1H;;;;;/q;;;;;8*-1;;;;;+2;;;;+2/p-2. The summed E-state index contributed by atoms with van der Waals surface area (Å²) in [6, 6.07) is 17.9. The van der Waals surface area contributed by atoms with E-state index < -0.39 is 35.8 Å². The molecule has 0 radical (unpaired) electrons. The Morgan fingerprint density at radius 1 is 0.433 bits per heavy atom. The average Bonchev–Trinajstić information content (AvgIpc) is 1.63. The van der Waals surface area contributed by atoms with Crippen LogP contribution in [0.2, 0.25) is 0 Å². The molecule has 0 amide bonds. The van der Waals surface area contributed by atoms with Crippen LogP contribution >= 0.6 is 76.0 Å². The third-order valence-electron chi connectivity index (χ3n) is 12.0. The largest absolute Gasteiger partial charge is 2.00 e. The maximum Gasteiger partial charge on any atom is 2.00 e. The Bertz CT molecular complexity index is 2370. The Hall–Kier alpha value is 0.717. The second-order valence-corrected chi connectivity index (χ2v) is 27.3. The topological polar surface area (TPSA) is 79.2 Å². The molecule has 21 heteroatoms. The summed E-state index contributed by atoms with van der Waals surface area (Å²) in [7, 11) is -0.491. The second-order valence-electron chi connectivity index (χ2n) is 19.9. The Kier molecular flexibility index (Phi) is 117. The molecular formula is C76H125BBr5CuF5O5PdPt2Zn-6. The Morgan fingerprint density at radius 3 is 0.979 bits per heavy atom. The molecule has 1 saturated heterocycles. The summed E-state index contributed by atoms with van der Waals surface area (Å²) in [5, 5.41) is 26.5. The van der Waals surface area contributed by atoms with Crippen LogP contribution < -0.4 is 5.46 Å². The number of unbranched alkanes of at least 4 members (excludes halogenated alkanes) is 6. The van der Waals surface area contributed by atoms with Gasteiger partial charge in [-0.25, -0.2) is 22.0 Å². The fraction of sp³-hybridized carbons (Fsp3) is 0.500. The van der Waals surface area contributed by atoms with E-state index in [0.717, 1.165) is 96.4 Å². The van der Waals surface area contributed by atoms with E-state index in [1.165, 1.54) is 98.4 Å². The number of halogens is 10. The maximum atomic E-state index is 13.8. The molecular weight excluding hydrogens is 2120 g/mol. The van der Waals surface area contributed by atoms with Crippen molar-refractivity contribution < 1.29 is 140 Å². The van der Waals surface area contributed by atoms with Crippen LogP contribution in [-0.2, 0) is 128 Å². The van der Waals surface area contributed by atoms with Crippen molar-refractivity contribution in [2.45, 2.75) is 253 Å². The molecule has 0 aromatic heterocycles. The molecule has 0 bridgehead atoms. The summed E-state index contributed by atoms with van der Waals surface area (Å²) in [4.78, 5) is 0. The SMILES string of the molecule is C.C.CCc1cc(C)c(F)cc1B1OC(C)(C)C(C)(C)O1.CCc1cc(C)c(F)cc1Br.CCc1cc(O)c(F)cc1Br.CCc1ccc(F)c(O)c1.Oc1cc(Br)ccc1F.[Br][Cu][Br].[CH2-]C.[CH2-]C.[CH2-]CCC.[CH2-]CCC.[CH2-]CCC.[CH2-]CCC.[CH2-]CCC.[CH2-]CCC.[Pd].[Pt].[Pt].[Zn+2]. The normalized spacial score (nSPS) is 10.5. The zero-order valence-corrected chi connectivity index (χ0v) is 78.3. The molecule has 6 rings (SSSR count). The number of hydrogen-bond acceptors (Lipinski definition) is 5. The summed E-state index contributed by atoms with van der Waals surface area (Å²) >= 11 is 16.9. The summed E-state index contributed by atoms with van der Waals surface area (Å²) in [5.41, 5.74) is 5.48. The number of aromatic hydroxyl groups is 3. The molecule has 1 fully saturated rings. The fourth-order valence-corrected chi connectivity index (χ4v) is 6.90. The van der Waals surface area contributed by atoms with Crippen molar-refractivity contribution in [1.29, 1.82) is 0 Å². The van der Waals surface area contributed by atoms with Gasteiger partial charge < -0.3 is 80.0 Å². The average molecular weight is 2250 g/mol. The van der Waals surface area contributed by atoms with Gasteiger partial charge in [0.1, 0.15) is 11.6 Å². The van der Waals surface area contributed by atoms with E-state index in [2.05, 4.69) is 187 Å². The van der Waals surface area contributed by atoms with Gasteiger partial charge in [0.15, 0.2) is 34.7 Å². The Balaban J connectivity index is -0.0000000668. The molecule has 1 heterocycles. The number of hydrogen-bond donors (Lipinski definition) is 3. The molecule has 0 aliphatic carbocycles. The molecule has 5 nitrogen and oxygen atoms in total. The molecule has 0 spiro atoms. The first-order chi connectivity index (χ1) is 42.8. The monoisotopic (exact) mass is 2240 g/mol. The van der Waals surface area contributed by atoms with E-state index in [-0.39, 0.29) is 126 Å². The molecule has 5 aromatic rings. The van der Waals surface area contributed by atoms with Crippen LogP contribution in [0.3, 0.4) is 0 Å². The van der Waals surface area contributed by atoms with E-state index in [4.69, 9.17) is 24.6 Å². The van der Waals surface area contributed by atoms with Gasteiger partial charge in [-0.15, -0.1) is 0 Å². The van der Waals surface area contributed by atoms with Crippen molar-refractivity contribution in [3.63, 3.8) is 0 Å². The zero-order chi connectivity index (χ0) is 72.9. The summed E-state index contributed by atoms with van der Waals surface area (Å²) in [6.07, 6.45) is 17.0. The van der Waals surface area contributed by atoms with Crippen LogP contribution in [0.25, 0.3) is 0 Å². The van der Waals surface area contributed by atoms with Crippen LogP contribution in [0.1, 0.15) is 236 Å². The van der Waals surface area contributed by atoms with Gasteiger partial charge in [-0.1, -0.05) is 189 Å². The molecule has 3 N–H and O–H groups in total. The van der Waals surface area contributed by atoms with Gasteiger partial charge in [-0.2, -0.15) is 52.4 Å². The van der Waals surface area contributed by atoms with Crippen molar-refractivity contribution >= 4 is 88.6 Å². The first-order valence-electron chi connectivity index (χ1n) is 31.2. The minimum atomic E-state index is -0.599. The smallest absolute Gasteiger partial charge is 0.346 e. The van der Waals surface area contributed by atoms with E-state index in [1.54, 1.807) is 39.8 Å². The van der Waals surface area contributed by atoms with Gasteiger partial charge >= 0.3 is 66.2 Å². The minimum absolute atomic E-state index is 0. The van der Waals surface area contributed by atoms with Gasteiger partial charge in [0.05, 0.1) is 11.2 Å². The number of rotatable bonds is 11. The van der Waals surface area contributed by atoms with Crippen LogP contribution in [0.4, 0.5) is 22.0 Å². The number of phenolic OH excluding ortho intramolecular Hbond substituents is 3. The van der Waals surface area contributed by atoms with Gasteiger partial charge in [0.2, 0.25) is 0 Å². The first kappa shape index (κ1) is 130. The van der Waals surface area contributed by atoms with Crippen LogP contribution in [-0.4, -0.2) is 33.6 Å². The number of aryl methyl sites for hydroxylation is 6. The molecule has 581 valence electrons. The van der Waals surface area contributed by atoms with E-state index in [9.17, 15) is 22.0 Å². The van der Waals surface area contributed by atoms with Crippen molar-refractivity contribution in [3.05, 3.63) is 204 Å². The van der Waals surface area contributed by atoms with Gasteiger partial charge in [-0.3, -0.25) is 0 Å². The van der Waals surface area contributed by atoms with Crippen LogP contribution in [0.5, 0.6) is 17.2 Å². The summed E-state index contributed by atoms with van der Waals surface area (Å²) in [6.45, 7) is 63.9.